The van der Waals surface area contributed by atoms with Crippen LogP contribution < -0.4 is 5.73 Å². The van der Waals surface area contributed by atoms with Crippen molar-refractivity contribution in [2.75, 3.05) is 26.7 Å². The Morgan fingerprint density at radius 2 is 1.94 bits per heavy atom. The van der Waals surface area contributed by atoms with Gasteiger partial charge in [-0.1, -0.05) is 0 Å². The van der Waals surface area contributed by atoms with Gasteiger partial charge < -0.3 is 10.6 Å². The fourth-order valence-electron chi connectivity index (χ4n) is 1.65. The summed E-state index contributed by atoms with van der Waals surface area (Å²) in [6.07, 6.45) is -0.171. The van der Waals surface area contributed by atoms with Crippen molar-refractivity contribution in [1.82, 2.24) is 9.88 Å². The minimum Gasteiger partial charge on any atom is -0.330 e. The molecule has 0 amide bonds. The zero-order chi connectivity index (χ0) is 13.6. The Labute approximate surface area is 105 Å². The Bertz CT molecular complexity index is 340. The van der Waals surface area contributed by atoms with Gasteiger partial charge in [-0.05, 0) is 31.2 Å². The Morgan fingerprint density at radius 3 is 2.44 bits per heavy atom. The summed E-state index contributed by atoms with van der Waals surface area (Å²) >= 11 is 0. The summed E-state index contributed by atoms with van der Waals surface area (Å²) in [6, 6.07) is 3.72. The zero-order valence-electron chi connectivity index (χ0n) is 10.3. The molecule has 0 fully saturated rings. The highest BCUT2D eigenvalue weighted by molar-refractivity contribution is 5.09. The molecular weight excluding hydrogens is 243 g/mol. The molecule has 102 valence electrons. The number of likely N-dealkylation sites (N-methyl/N-ethyl adjacent to an activating group) is 1. The normalized spacial score (nSPS) is 13.9. The smallest absolute Gasteiger partial charge is 0.330 e. The SMILES string of the molecule is CN(CCc1ccncc1)CC(CN)C(F)(F)F. The highest BCUT2D eigenvalue weighted by Gasteiger charge is 2.38. The second-order valence-corrected chi connectivity index (χ2v) is 4.34. The van der Waals surface area contributed by atoms with E-state index < -0.39 is 12.1 Å². The van der Waals surface area contributed by atoms with Crippen LogP contribution in [-0.4, -0.2) is 42.7 Å². The summed E-state index contributed by atoms with van der Waals surface area (Å²) < 4.78 is 37.6. The van der Waals surface area contributed by atoms with E-state index in [1.165, 1.54) is 0 Å². The van der Waals surface area contributed by atoms with Gasteiger partial charge in [0.15, 0.2) is 0 Å². The molecule has 0 aliphatic heterocycles. The Balaban J connectivity index is 2.39. The van der Waals surface area contributed by atoms with E-state index in [2.05, 4.69) is 4.98 Å². The predicted molar refractivity (Wildman–Crippen MR) is 64.0 cm³/mol. The molecule has 0 bridgehead atoms. The third-order valence-electron chi connectivity index (χ3n) is 2.81. The minimum atomic E-state index is -4.22. The van der Waals surface area contributed by atoms with Crippen molar-refractivity contribution in [3.8, 4) is 0 Å². The van der Waals surface area contributed by atoms with Crippen LogP contribution in [0.4, 0.5) is 13.2 Å². The molecule has 0 aliphatic carbocycles. The predicted octanol–water partition coefficient (Wildman–Crippen LogP) is 1.69. The molecule has 1 aromatic heterocycles. The monoisotopic (exact) mass is 261 g/mol. The summed E-state index contributed by atoms with van der Waals surface area (Å²) in [6.45, 7) is 0.130. The van der Waals surface area contributed by atoms with Gasteiger partial charge in [-0.3, -0.25) is 4.98 Å². The molecule has 6 heteroatoms. The maximum absolute atomic E-state index is 12.5. The van der Waals surface area contributed by atoms with Crippen LogP contribution in [0, 0.1) is 5.92 Å². The number of pyridine rings is 1. The second kappa shape index (κ2) is 6.70. The van der Waals surface area contributed by atoms with Crippen molar-refractivity contribution in [2.45, 2.75) is 12.6 Å². The van der Waals surface area contributed by atoms with Crippen LogP contribution >= 0.6 is 0 Å². The number of nitrogens with zero attached hydrogens (tertiary/aromatic N) is 2. The van der Waals surface area contributed by atoms with Crippen molar-refractivity contribution >= 4 is 0 Å². The van der Waals surface area contributed by atoms with E-state index in [1.807, 2.05) is 12.1 Å². The summed E-state index contributed by atoms with van der Waals surface area (Å²) in [4.78, 5) is 5.55. The molecule has 0 spiro atoms. The average molecular weight is 261 g/mol. The molecule has 2 N–H and O–H groups in total. The van der Waals surface area contributed by atoms with Crippen LogP contribution in [-0.2, 0) is 6.42 Å². The van der Waals surface area contributed by atoms with Crippen molar-refractivity contribution < 1.29 is 13.2 Å². The zero-order valence-corrected chi connectivity index (χ0v) is 10.3. The fraction of sp³-hybridized carbons (Fsp3) is 0.583. The lowest BCUT2D eigenvalue weighted by Gasteiger charge is -2.24. The third kappa shape index (κ3) is 5.01. The van der Waals surface area contributed by atoms with E-state index in [4.69, 9.17) is 5.73 Å². The lowest BCUT2D eigenvalue weighted by atomic mass is 10.1. The number of rotatable bonds is 6. The van der Waals surface area contributed by atoms with E-state index in [-0.39, 0.29) is 13.1 Å². The number of hydrogen-bond donors (Lipinski definition) is 1. The van der Waals surface area contributed by atoms with E-state index in [0.717, 1.165) is 5.56 Å². The van der Waals surface area contributed by atoms with Gasteiger partial charge >= 0.3 is 6.18 Å². The first-order chi connectivity index (χ1) is 8.43. The lowest BCUT2D eigenvalue weighted by molar-refractivity contribution is -0.175. The van der Waals surface area contributed by atoms with Crippen LogP contribution in [0.2, 0.25) is 0 Å². The first kappa shape index (κ1) is 14.9. The summed E-state index contributed by atoms with van der Waals surface area (Å²) in [5, 5.41) is 0. The lowest BCUT2D eigenvalue weighted by Crippen LogP contribution is -2.40. The molecule has 0 aliphatic rings. The molecule has 1 rings (SSSR count). The topological polar surface area (TPSA) is 42.2 Å². The quantitative estimate of drug-likeness (QED) is 0.847. The number of aromatic nitrogens is 1. The summed E-state index contributed by atoms with van der Waals surface area (Å²) in [5.41, 5.74) is 6.22. The van der Waals surface area contributed by atoms with Crippen LogP contribution in [0.5, 0.6) is 0 Å². The van der Waals surface area contributed by atoms with Gasteiger partial charge in [0.25, 0.3) is 0 Å². The van der Waals surface area contributed by atoms with E-state index >= 15 is 0 Å². The van der Waals surface area contributed by atoms with Gasteiger partial charge in [-0.15, -0.1) is 0 Å². The highest BCUT2D eigenvalue weighted by Crippen LogP contribution is 2.25. The molecule has 0 aromatic carbocycles. The Kier molecular flexibility index (Phi) is 5.55. The Morgan fingerprint density at radius 1 is 1.33 bits per heavy atom. The third-order valence-corrected chi connectivity index (χ3v) is 2.81. The van der Waals surface area contributed by atoms with Gasteiger partial charge in [-0.2, -0.15) is 13.2 Å². The van der Waals surface area contributed by atoms with Crippen LogP contribution in [0.15, 0.2) is 24.5 Å². The van der Waals surface area contributed by atoms with Crippen molar-refractivity contribution in [3.63, 3.8) is 0 Å². The molecule has 1 atom stereocenters. The van der Waals surface area contributed by atoms with Gasteiger partial charge in [0.2, 0.25) is 0 Å². The molecule has 18 heavy (non-hydrogen) atoms. The molecule has 0 saturated heterocycles. The number of hydrogen-bond acceptors (Lipinski definition) is 3. The van der Waals surface area contributed by atoms with Crippen molar-refractivity contribution in [2.24, 2.45) is 11.7 Å². The van der Waals surface area contributed by atoms with Crippen molar-refractivity contribution in [1.29, 1.82) is 0 Å². The average Bonchev–Trinajstić information content (AvgIpc) is 2.33. The maximum Gasteiger partial charge on any atom is 0.394 e. The summed E-state index contributed by atoms with van der Waals surface area (Å²) in [5.74, 6) is -1.46. The van der Waals surface area contributed by atoms with Crippen LogP contribution in [0.25, 0.3) is 0 Å². The first-order valence-corrected chi connectivity index (χ1v) is 5.77. The van der Waals surface area contributed by atoms with Crippen LogP contribution in [0.3, 0.4) is 0 Å². The van der Waals surface area contributed by atoms with Gasteiger partial charge in [-0.25, -0.2) is 0 Å². The first-order valence-electron chi connectivity index (χ1n) is 5.77. The molecule has 0 saturated carbocycles. The molecule has 0 radical (unpaired) electrons. The fourth-order valence-corrected chi connectivity index (χ4v) is 1.65. The van der Waals surface area contributed by atoms with Gasteiger partial charge in [0.1, 0.15) is 0 Å². The number of alkyl halides is 3. The van der Waals surface area contributed by atoms with Crippen LogP contribution in [0.1, 0.15) is 5.56 Å². The molecule has 1 aromatic rings. The second-order valence-electron chi connectivity index (χ2n) is 4.34. The van der Waals surface area contributed by atoms with E-state index in [9.17, 15) is 13.2 Å². The molecule has 3 nitrogen and oxygen atoms in total. The molecule has 1 unspecified atom stereocenters. The highest BCUT2D eigenvalue weighted by atomic mass is 19.4. The largest absolute Gasteiger partial charge is 0.394 e. The van der Waals surface area contributed by atoms with E-state index in [0.29, 0.717) is 13.0 Å². The maximum atomic E-state index is 12.5. The Hall–Kier alpha value is -1.14. The van der Waals surface area contributed by atoms with Crippen molar-refractivity contribution in [3.05, 3.63) is 30.1 Å². The number of halogens is 3. The minimum absolute atomic E-state index is 0.0644. The van der Waals surface area contributed by atoms with Gasteiger partial charge in [0.05, 0.1) is 5.92 Å². The molecular formula is C12H18F3N3. The molecule has 1 heterocycles. The summed E-state index contributed by atoms with van der Waals surface area (Å²) in [7, 11) is 1.68. The number of nitrogens with two attached hydrogens (primary N) is 1. The van der Waals surface area contributed by atoms with Gasteiger partial charge in [0, 0.05) is 32.0 Å². The standard InChI is InChI=1S/C12H18F3N3/c1-18(9-11(8-16)12(13,14)15)7-4-10-2-5-17-6-3-10/h2-3,5-6,11H,4,7-9,16H2,1H3. The van der Waals surface area contributed by atoms with E-state index in [1.54, 1.807) is 24.3 Å².